The lowest BCUT2D eigenvalue weighted by Gasteiger charge is -2.15. The molecule has 0 atom stereocenters. The van der Waals surface area contributed by atoms with Crippen LogP contribution in [0, 0.1) is 5.92 Å². The van der Waals surface area contributed by atoms with Crippen LogP contribution in [0.25, 0.3) is 11.0 Å². The standard InChI is InChI=1S/C14H23N5/c1-6-10-12-11(17-8-19(12)5)14(15-4)18-13(10)16-7-9(2)3/h8-9H,6-7H2,1-5H3,(H2,15,16,18). The van der Waals surface area contributed by atoms with Crippen LogP contribution in [0.15, 0.2) is 6.33 Å². The zero-order chi connectivity index (χ0) is 14.0. The summed E-state index contributed by atoms with van der Waals surface area (Å²) in [5.41, 5.74) is 3.33. The number of pyridine rings is 1. The van der Waals surface area contributed by atoms with E-state index in [9.17, 15) is 0 Å². The van der Waals surface area contributed by atoms with Crippen molar-refractivity contribution in [2.45, 2.75) is 27.2 Å². The molecule has 0 amide bonds. The number of hydrogen-bond donors (Lipinski definition) is 2. The Hall–Kier alpha value is -1.78. The van der Waals surface area contributed by atoms with Crippen molar-refractivity contribution in [2.24, 2.45) is 13.0 Å². The first-order chi connectivity index (χ1) is 9.08. The van der Waals surface area contributed by atoms with E-state index in [1.807, 2.05) is 20.4 Å². The molecule has 0 bridgehead atoms. The zero-order valence-electron chi connectivity index (χ0n) is 12.4. The van der Waals surface area contributed by atoms with Gasteiger partial charge in [0, 0.05) is 26.2 Å². The number of nitrogens with one attached hydrogen (secondary N) is 2. The maximum absolute atomic E-state index is 4.68. The minimum atomic E-state index is 0.590. The van der Waals surface area contributed by atoms with Crippen LogP contribution in [-0.2, 0) is 13.5 Å². The normalized spacial score (nSPS) is 11.3. The Balaban J connectivity index is 2.58. The average Bonchev–Trinajstić information content (AvgIpc) is 2.77. The van der Waals surface area contributed by atoms with Gasteiger partial charge in [0.2, 0.25) is 0 Å². The number of rotatable bonds is 5. The van der Waals surface area contributed by atoms with Gasteiger partial charge in [0.1, 0.15) is 11.3 Å². The van der Waals surface area contributed by atoms with Crippen molar-refractivity contribution < 1.29 is 0 Å². The summed E-state index contributed by atoms with van der Waals surface area (Å²) in [6, 6.07) is 0. The fraction of sp³-hybridized carbons (Fsp3) is 0.571. The molecule has 0 aliphatic carbocycles. The van der Waals surface area contributed by atoms with E-state index in [1.165, 1.54) is 5.56 Å². The first-order valence-corrected chi connectivity index (χ1v) is 6.84. The number of aromatic nitrogens is 3. The van der Waals surface area contributed by atoms with Crippen LogP contribution in [0.3, 0.4) is 0 Å². The number of nitrogens with zero attached hydrogens (tertiary/aromatic N) is 3. The van der Waals surface area contributed by atoms with Gasteiger partial charge in [-0.1, -0.05) is 20.8 Å². The van der Waals surface area contributed by atoms with E-state index in [1.54, 1.807) is 0 Å². The van der Waals surface area contributed by atoms with Gasteiger partial charge in [-0.2, -0.15) is 0 Å². The van der Waals surface area contributed by atoms with E-state index in [-0.39, 0.29) is 0 Å². The van der Waals surface area contributed by atoms with Crippen LogP contribution >= 0.6 is 0 Å². The maximum Gasteiger partial charge on any atom is 0.156 e. The van der Waals surface area contributed by atoms with Gasteiger partial charge in [-0.3, -0.25) is 0 Å². The summed E-state index contributed by atoms with van der Waals surface area (Å²) in [7, 11) is 3.91. The molecule has 0 fully saturated rings. The summed E-state index contributed by atoms with van der Waals surface area (Å²) in [6.07, 6.45) is 2.78. The molecule has 2 rings (SSSR count). The van der Waals surface area contributed by atoms with Crippen molar-refractivity contribution in [1.82, 2.24) is 14.5 Å². The Kier molecular flexibility index (Phi) is 3.93. The van der Waals surface area contributed by atoms with Crippen molar-refractivity contribution in [3.8, 4) is 0 Å². The molecule has 2 heterocycles. The molecule has 2 N–H and O–H groups in total. The van der Waals surface area contributed by atoms with Gasteiger partial charge < -0.3 is 15.2 Å². The Morgan fingerprint density at radius 2 is 2.05 bits per heavy atom. The van der Waals surface area contributed by atoms with Crippen molar-refractivity contribution in [3.63, 3.8) is 0 Å². The lowest BCUT2D eigenvalue weighted by atomic mass is 10.1. The minimum absolute atomic E-state index is 0.590. The van der Waals surface area contributed by atoms with E-state index in [0.29, 0.717) is 5.92 Å². The molecule has 0 radical (unpaired) electrons. The van der Waals surface area contributed by atoms with Crippen molar-refractivity contribution in [1.29, 1.82) is 0 Å². The summed E-state index contributed by atoms with van der Waals surface area (Å²) in [5, 5.41) is 6.59. The molecule has 5 nitrogen and oxygen atoms in total. The number of fused-ring (bicyclic) bond motifs is 1. The van der Waals surface area contributed by atoms with Gasteiger partial charge in [-0.15, -0.1) is 0 Å². The van der Waals surface area contributed by atoms with Gasteiger partial charge in [-0.05, 0) is 12.3 Å². The second-order valence-electron chi connectivity index (χ2n) is 5.22. The molecule has 0 saturated heterocycles. The molecule has 5 heteroatoms. The molecule has 0 aromatic carbocycles. The molecule has 19 heavy (non-hydrogen) atoms. The molecular weight excluding hydrogens is 238 g/mol. The predicted molar refractivity (Wildman–Crippen MR) is 80.8 cm³/mol. The van der Waals surface area contributed by atoms with Gasteiger partial charge in [0.15, 0.2) is 5.82 Å². The molecule has 0 saturated carbocycles. The second-order valence-corrected chi connectivity index (χ2v) is 5.22. The van der Waals surface area contributed by atoms with Crippen LogP contribution in [-0.4, -0.2) is 28.1 Å². The van der Waals surface area contributed by atoms with Crippen molar-refractivity contribution in [3.05, 3.63) is 11.9 Å². The van der Waals surface area contributed by atoms with E-state index < -0.39 is 0 Å². The maximum atomic E-state index is 4.68. The van der Waals surface area contributed by atoms with Gasteiger partial charge >= 0.3 is 0 Å². The SMILES string of the molecule is CCc1c(NCC(C)C)nc(NC)c2ncn(C)c12. The largest absolute Gasteiger partial charge is 0.371 e. The third-order valence-electron chi connectivity index (χ3n) is 3.22. The quantitative estimate of drug-likeness (QED) is 0.868. The van der Waals surface area contributed by atoms with Crippen molar-refractivity contribution in [2.75, 3.05) is 24.2 Å². The molecule has 104 valence electrons. The Labute approximate surface area is 114 Å². The minimum Gasteiger partial charge on any atom is -0.371 e. The van der Waals surface area contributed by atoms with Gasteiger partial charge in [0.05, 0.1) is 11.8 Å². The smallest absolute Gasteiger partial charge is 0.156 e. The van der Waals surface area contributed by atoms with E-state index in [0.717, 1.165) is 35.6 Å². The average molecular weight is 261 g/mol. The first kappa shape index (κ1) is 13.6. The topological polar surface area (TPSA) is 54.8 Å². The molecule has 2 aromatic heterocycles. The molecular formula is C14H23N5. The van der Waals surface area contributed by atoms with Crippen molar-refractivity contribution >= 4 is 22.7 Å². The first-order valence-electron chi connectivity index (χ1n) is 6.84. The summed E-state index contributed by atoms with van der Waals surface area (Å²) in [6.45, 7) is 7.47. The van der Waals surface area contributed by atoms with Crippen LogP contribution in [0.2, 0.25) is 0 Å². The molecule has 0 aliphatic heterocycles. The zero-order valence-corrected chi connectivity index (χ0v) is 12.4. The molecule has 0 aliphatic rings. The van der Waals surface area contributed by atoms with Crippen LogP contribution in [0.4, 0.5) is 11.6 Å². The highest BCUT2D eigenvalue weighted by atomic mass is 15.1. The Morgan fingerprint density at radius 3 is 2.63 bits per heavy atom. The lowest BCUT2D eigenvalue weighted by molar-refractivity contribution is 0.686. The van der Waals surface area contributed by atoms with E-state index in [2.05, 4.69) is 45.9 Å². The van der Waals surface area contributed by atoms with E-state index >= 15 is 0 Å². The number of imidazole rings is 1. The van der Waals surface area contributed by atoms with Crippen LogP contribution < -0.4 is 10.6 Å². The number of anilines is 2. The highest BCUT2D eigenvalue weighted by Gasteiger charge is 2.16. The monoisotopic (exact) mass is 261 g/mol. The number of aryl methyl sites for hydroxylation is 2. The third-order valence-corrected chi connectivity index (χ3v) is 3.22. The predicted octanol–water partition coefficient (Wildman–Crippen LogP) is 2.64. The summed E-state index contributed by atoms with van der Waals surface area (Å²) < 4.78 is 2.07. The highest BCUT2D eigenvalue weighted by Crippen LogP contribution is 2.29. The fourth-order valence-corrected chi connectivity index (χ4v) is 2.26. The Morgan fingerprint density at radius 1 is 1.32 bits per heavy atom. The summed E-state index contributed by atoms with van der Waals surface area (Å²) in [5.74, 6) is 2.39. The Bertz CT molecular complexity index is 571. The van der Waals surface area contributed by atoms with Gasteiger partial charge in [-0.25, -0.2) is 9.97 Å². The highest BCUT2D eigenvalue weighted by molar-refractivity contribution is 5.91. The number of hydrogen-bond acceptors (Lipinski definition) is 4. The second kappa shape index (κ2) is 5.47. The lowest BCUT2D eigenvalue weighted by Crippen LogP contribution is -2.12. The summed E-state index contributed by atoms with van der Waals surface area (Å²) in [4.78, 5) is 9.12. The fourth-order valence-electron chi connectivity index (χ4n) is 2.26. The molecule has 0 unspecified atom stereocenters. The van der Waals surface area contributed by atoms with Crippen LogP contribution in [0.1, 0.15) is 26.3 Å². The van der Waals surface area contributed by atoms with Crippen LogP contribution in [0.5, 0.6) is 0 Å². The molecule has 2 aromatic rings. The van der Waals surface area contributed by atoms with Gasteiger partial charge in [0.25, 0.3) is 0 Å². The summed E-state index contributed by atoms with van der Waals surface area (Å²) >= 11 is 0. The third kappa shape index (κ3) is 2.50. The van der Waals surface area contributed by atoms with E-state index in [4.69, 9.17) is 0 Å². The molecule has 0 spiro atoms.